The van der Waals surface area contributed by atoms with E-state index in [1.807, 2.05) is 6.07 Å². The molecule has 0 N–H and O–H groups in total. The smallest absolute Gasteiger partial charge is 0.254 e. The zero-order valence-corrected chi connectivity index (χ0v) is 22.2. The van der Waals surface area contributed by atoms with E-state index in [0.717, 1.165) is 11.1 Å². The largest absolute Gasteiger partial charge is 0.488 e. The van der Waals surface area contributed by atoms with Crippen LogP contribution in [0.15, 0.2) is 73.1 Å². The van der Waals surface area contributed by atoms with Gasteiger partial charge in [0.25, 0.3) is 5.91 Å². The number of ketones is 1. The number of hydrogen-bond donors (Lipinski definition) is 0. The van der Waals surface area contributed by atoms with Crippen LogP contribution in [0, 0.1) is 5.82 Å². The van der Waals surface area contributed by atoms with Gasteiger partial charge < -0.3 is 14.4 Å². The van der Waals surface area contributed by atoms with E-state index in [1.165, 1.54) is 12.1 Å². The molecule has 0 radical (unpaired) electrons. The van der Waals surface area contributed by atoms with Crippen LogP contribution in [0.4, 0.5) is 4.39 Å². The maximum Gasteiger partial charge on any atom is 0.254 e. The van der Waals surface area contributed by atoms with Gasteiger partial charge in [-0.1, -0.05) is 35.9 Å². The average Bonchev–Trinajstić information content (AvgIpc) is 3.38. The highest BCUT2D eigenvalue weighted by atomic mass is 35.5. The summed E-state index contributed by atoms with van der Waals surface area (Å²) in [5.41, 5.74) is 3.50. The molecule has 0 spiro atoms. The fourth-order valence-electron chi connectivity index (χ4n) is 4.50. The van der Waals surface area contributed by atoms with Gasteiger partial charge in [0, 0.05) is 43.3 Å². The minimum atomic E-state index is -0.352. The van der Waals surface area contributed by atoms with Crippen molar-refractivity contribution in [2.24, 2.45) is 7.05 Å². The zero-order chi connectivity index (χ0) is 27.4. The summed E-state index contributed by atoms with van der Waals surface area (Å²) in [6.07, 6.45) is 3.56. The number of ether oxygens (including phenoxy) is 2. The first-order valence-electron chi connectivity index (χ1n) is 12.6. The van der Waals surface area contributed by atoms with E-state index in [-0.39, 0.29) is 36.3 Å². The van der Waals surface area contributed by atoms with Crippen molar-refractivity contribution in [3.8, 4) is 16.9 Å². The number of Topliss-reactive ketones (excluding diaryl/α,β-unsaturated/α-hetero) is 1. The number of carbonyl (C=O) groups excluding carboxylic acids is 2. The molecule has 5 rings (SSSR count). The van der Waals surface area contributed by atoms with Gasteiger partial charge in [0.2, 0.25) is 0 Å². The molecule has 1 aromatic heterocycles. The summed E-state index contributed by atoms with van der Waals surface area (Å²) in [5, 5.41) is 4.81. The molecule has 4 aromatic rings. The summed E-state index contributed by atoms with van der Waals surface area (Å²) >= 11 is 6.15. The van der Waals surface area contributed by atoms with E-state index in [9.17, 15) is 14.0 Å². The number of aryl methyl sites for hydroxylation is 1. The Hall–Kier alpha value is -4.01. The Balaban J connectivity index is 1.58. The number of halogens is 2. The van der Waals surface area contributed by atoms with Crippen molar-refractivity contribution in [3.63, 3.8) is 0 Å². The monoisotopic (exact) mass is 547 g/mol. The number of carbonyl (C=O) groups is 2. The molecule has 0 bridgehead atoms. The number of amides is 1. The maximum absolute atomic E-state index is 13.7. The van der Waals surface area contributed by atoms with Crippen LogP contribution in [0.25, 0.3) is 11.1 Å². The summed E-state index contributed by atoms with van der Waals surface area (Å²) in [5.74, 6) is -0.453. The molecule has 2 heterocycles. The Morgan fingerprint density at radius 2 is 1.79 bits per heavy atom. The predicted octanol–water partition coefficient (Wildman–Crippen LogP) is 5.36. The molecular formula is C30H27ClFN3O4. The number of morpholine rings is 1. The van der Waals surface area contributed by atoms with Gasteiger partial charge in [-0.15, -0.1) is 0 Å². The molecule has 1 aliphatic heterocycles. The number of benzene rings is 3. The third kappa shape index (κ3) is 6.35. The maximum atomic E-state index is 13.7. The molecule has 200 valence electrons. The highest BCUT2D eigenvalue weighted by Gasteiger charge is 2.26. The predicted molar refractivity (Wildman–Crippen MR) is 146 cm³/mol. The van der Waals surface area contributed by atoms with Crippen molar-refractivity contribution >= 4 is 23.3 Å². The quantitative estimate of drug-likeness (QED) is 0.278. The second kappa shape index (κ2) is 11.8. The summed E-state index contributed by atoms with van der Waals surface area (Å²) < 4.78 is 26.6. The summed E-state index contributed by atoms with van der Waals surface area (Å²) in [6, 6.07) is 16.4. The molecule has 0 atom stereocenters. The fraction of sp³-hybridized carbons (Fsp3) is 0.233. The first kappa shape index (κ1) is 26.6. The molecule has 39 heavy (non-hydrogen) atoms. The summed E-state index contributed by atoms with van der Waals surface area (Å²) in [4.78, 5) is 29.1. The van der Waals surface area contributed by atoms with Crippen LogP contribution in [0.2, 0.25) is 5.02 Å². The molecule has 9 heteroatoms. The second-order valence-corrected chi connectivity index (χ2v) is 9.78. The van der Waals surface area contributed by atoms with Crippen molar-refractivity contribution in [1.29, 1.82) is 0 Å². The lowest BCUT2D eigenvalue weighted by Crippen LogP contribution is -2.40. The first-order valence-corrected chi connectivity index (χ1v) is 12.9. The summed E-state index contributed by atoms with van der Waals surface area (Å²) in [7, 11) is 1.79. The molecule has 1 fully saturated rings. The van der Waals surface area contributed by atoms with Crippen molar-refractivity contribution < 1.29 is 23.5 Å². The van der Waals surface area contributed by atoms with Crippen LogP contribution in [0.3, 0.4) is 0 Å². The van der Waals surface area contributed by atoms with Crippen LogP contribution in [0.5, 0.6) is 5.75 Å². The molecule has 1 saturated heterocycles. The number of hydrogen-bond acceptors (Lipinski definition) is 5. The Morgan fingerprint density at radius 3 is 2.49 bits per heavy atom. The second-order valence-electron chi connectivity index (χ2n) is 9.35. The van der Waals surface area contributed by atoms with Crippen molar-refractivity contribution in [3.05, 3.63) is 106 Å². The van der Waals surface area contributed by atoms with Gasteiger partial charge in [-0.3, -0.25) is 14.3 Å². The molecule has 1 amide bonds. The van der Waals surface area contributed by atoms with Crippen LogP contribution in [-0.2, 0) is 24.8 Å². The lowest BCUT2D eigenvalue weighted by atomic mass is 9.93. The number of rotatable bonds is 8. The van der Waals surface area contributed by atoms with Gasteiger partial charge in [-0.05, 0) is 53.1 Å². The van der Waals surface area contributed by atoms with Gasteiger partial charge >= 0.3 is 0 Å². The zero-order valence-electron chi connectivity index (χ0n) is 21.4. The molecular weight excluding hydrogens is 521 g/mol. The van der Waals surface area contributed by atoms with E-state index < -0.39 is 0 Å². The van der Waals surface area contributed by atoms with Crippen molar-refractivity contribution in [2.45, 2.75) is 13.0 Å². The molecule has 1 aliphatic rings. The van der Waals surface area contributed by atoms with E-state index in [0.29, 0.717) is 53.6 Å². The molecule has 0 saturated carbocycles. The minimum Gasteiger partial charge on any atom is -0.488 e. The normalized spacial score (nSPS) is 13.4. The van der Waals surface area contributed by atoms with Crippen LogP contribution >= 0.6 is 11.6 Å². The average molecular weight is 548 g/mol. The van der Waals surface area contributed by atoms with Crippen LogP contribution in [-0.4, -0.2) is 52.7 Å². The molecule has 3 aromatic carbocycles. The number of nitrogens with zero attached hydrogens (tertiary/aromatic N) is 3. The lowest BCUT2D eigenvalue weighted by Gasteiger charge is -2.28. The van der Waals surface area contributed by atoms with Gasteiger partial charge in [0.05, 0.1) is 30.5 Å². The number of aromatic nitrogens is 2. The third-order valence-corrected chi connectivity index (χ3v) is 6.76. The van der Waals surface area contributed by atoms with E-state index >= 15 is 0 Å². The topological polar surface area (TPSA) is 73.7 Å². The van der Waals surface area contributed by atoms with E-state index in [2.05, 4.69) is 5.10 Å². The van der Waals surface area contributed by atoms with Gasteiger partial charge in [0.15, 0.2) is 5.78 Å². The highest BCUT2D eigenvalue weighted by Crippen LogP contribution is 2.33. The minimum absolute atomic E-state index is 0.0924. The molecule has 0 aliphatic carbocycles. The van der Waals surface area contributed by atoms with E-state index in [4.69, 9.17) is 21.1 Å². The Morgan fingerprint density at radius 1 is 1.03 bits per heavy atom. The summed E-state index contributed by atoms with van der Waals surface area (Å²) in [6.45, 7) is 1.93. The van der Waals surface area contributed by atoms with Crippen molar-refractivity contribution in [1.82, 2.24) is 14.7 Å². The van der Waals surface area contributed by atoms with Crippen molar-refractivity contribution in [2.75, 3.05) is 26.3 Å². The Labute approximate surface area is 230 Å². The standard InChI is InChI=1S/C30H27ClFN3O4/c1-34-18-22(17-33-34)25-15-27(28(36)14-21-3-2-4-23(31)13-21)29(39-19-20-5-7-24(32)8-6-20)16-26(25)30(37)35-9-11-38-12-10-35/h2-8,13,15-18H,9-12,14,19H2,1H3. The highest BCUT2D eigenvalue weighted by molar-refractivity contribution is 6.30. The Kier molecular flexibility index (Phi) is 8.05. The van der Waals surface area contributed by atoms with Crippen LogP contribution in [0.1, 0.15) is 31.8 Å². The Bertz CT molecular complexity index is 1500. The SMILES string of the molecule is Cn1cc(-c2cc(C(=O)Cc3cccc(Cl)c3)c(OCc3ccc(F)cc3)cc2C(=O)N2CCOCC2)cn1. The van der Waals surface area contributed by atoms with E-state index in [1.54, 1.807) is 71.5 Å². The van der Waals surface area contributed by atoms with Crippen LogP contribution < -0.4 is 4.74 Å². The first-order chi connectivity index (χ1) is 18.9. The van der Waals surface area contributed by atoms with Gasteiger partial charge in [-0.25, -0.2) is 4.39 Å². The van der Waals surface area contributed by atoms with Gasteiger partial charge in [0.1, 0.15) is 18.2 Å². The van der Waals surface area contributed by atoms with Gasteiger partial charge in [-0.2, -0.15) is 5.10 Å². The lowest BCUT2D eigenvalue weighted by molar-refractivity contribution is 0.0303. The molecule has 7 nitrogen and oxygen atoms in total. The third-order valence-electron chi connectivity index (χ3n) is 6.53. The molecule has 0 unspecified atom stereocenters. The fourth-order valence-corrected chi connectivity index (χ4v) is 4.71.